The van der Waals surface area contributed by atoms with Gasteiger partial charge in [0, 0.05) is 5.92 Å². The molecular formula is C18H20F3NO5. The van der Waals surface area contributed by atoms with Crippen LogP contribution >= 0.6 is 0 Å². The Kier molecular flexibility index (Phi) is 6.81. The topological polar surface area (TPSA) is 92.7 Å². The van der Waals surface area contributed by atoms with E-state index < -0.39 is 59.9 Å². The number of ether oxygens (including phenoxy) is 1. The van der Waals surface area contributed by atoms with Gasteiger partial charge in [-0.25, -0.2) is 8.78 Å². The summed E-state index contributed by atoms with van der Waals surface area (Å²) < 4.78 is 45.8. The molecule has 0 aromatic heterocycles. The van der Waals surface area contributed by atoms with Gasteiger partial charge in [-0.2, -0.15) is 4.39 Å². The number of hydrogen-bond acceptors (Lipinski definition) is 4. The normalized spacial score (nSPS) is 15.4. The van der Waals surface area contributed by atoms with E-state index in [9.17, 15) is 27.6 Å². The average Bonchev–Trinajstić information content (AvgIpc) is 3.13. The van der Waals surface area contributed by atoms with Crippen molar-refractivity contribution in [3.63, 3.8) is 0 Å². The Morgan fingerprint density at radius 1 is 1.22 bits per heavy atom. The standard InChI is InChI=1S/C18H20F3NO5/c1-9-6-11(19)16(21)17(15(9)20)27-8-13(23)12(7-14(24)25)22-18(26)10-4-2-3-5-10/h6,10,12H,2-5,7-8H2,1H3,(H,22,26)(H,24,25)/t12-/m0/s1. The molecule has 0 heterocycles. The Morgan fingerprint density at radius 2 is 1.85 bits per heavy atom. The number of carboxylic acid groups (broad SMARTS) is 1. The lowest BCUT2D eigenvalue weighted by Gasteiger charge is -2.19. The maximum Gasteiger partial charge on any atom is 0.305 e. The highest BCUT2D eigenvalue weighted by atomic mass is 19.2. The average molecular weight is 387 g/mol. The van der Waals surface area contributed by atoms with Crippen molar-refractivity contribution < 1.29 is 37.4 Å². The molecule has 0 unspecified atom stereocenters. The summed E-state index contributed by atoms with van der Waals surface area (Å²) in [6.07, 6.45) is 2.34. The second kappa shape index (κ2) is 8.88. The van der Waals surface area contributed by atoms with E-state index in [1.54, 1.807) is 0 Å². The first-order valence-corrected chi connectivity index (χ1v) is 8.52. The molecule has 27 heavy (non-hydrogen) atoms. The number of carbonyl (C=O) groups is 3. The number of Topliss-reactive ketones (excluding diaryl/α,β-unsaturated/α-hetero) is 1. The van der Waals surface area contributed by atoms with Gasteiger partial charge >= 0.3 is 5.97 Å². The third kappa shape index (κ3) is 5.21. The zero-order valence-corrected chi connectivity index (χ0v) is 14.7. The van der Waals surface area contributed by atoms with E-state index in [0.717, 1.165) is 12.8 Å². The Morgan fingerprint density at radius 3 is 2.44 bits per heavy atom. The number of amides is 1. The van der Waals surface area contributed by atoms with Gasteiger partial charge in [0.15, 0.2) is 23.2 Å². The fourth-order valence-corrected chi connectivity index (χ4v) is 2.97. The van der Waals surface area contributed by atoms with Gasteiger partial charge in [0.1, 0.15) is 12.6 Å². The molecule has 1 aliphatic carbocycles. The summed E-state index contributed by atoms with van der Waals surface area (Å²) in [7, 11) is 0. The number of halogens is 3. The van der Waals surface area contributed by atoms with Crippen molar-refractivity contribution in [3.8, 4) is 5.75 Å². The van der Waals surface area contributed by atoms with E-state index in [4.69, 9.17) is 9.84 Å². The zero-order chi connectivity index (χ0) is 20.1. The number of rotatable bonds is 8. The first-order valence-electron chi connectivity index (χ1n) is 8.52. The van der Waals surface area contributed by atoms with Gasteiger partial charge in [0.05, 0.1) is 6.42 Å². The van der Waals surface area contributed by atoms with Crippen molar-refractivity contribution in [3.05, 3.63) is 29.1 Å². The summed E-state index contributed by atoms with van der Waals surface area (Å²) in [5.74, 6) is -8.10. The lowest BCUT2D eigenvalue weighted by atomic mass is 10.0. The molecule has 1 aliphatic rings. The summed E-state index contributed by atoms with van der Waals surface area (Å²) in [5.41, 5.74) is -0.215. The van der Waals surface area contributed by atoms with Crippen molar-refractivity contribution in [2.45, 2.75) is 45.1 Å². The second-order valence-corrected chi connectivity index (χ2v) is 6.53. The number of carbonyl (C=O) groups excluding carboxylic acids is 2. The number of aliphatic carboxylic acids is 1. The van der Waals surface area contributed by atoms with E-state index in [0.29, 0.717) is 18.9 Å². The Labute approximate surface area is 153 Å². The minimum absolute atomic E-state index is 0.215. The highest BCUT2D eigenvalue weighted by Gasteiger charge is 2.30. The third-order valence-electron chi connectivity index (χ3n) is 4.47. The Hall–Kier alpha value is -2.58. The van der Waals surface area contributed by atoms with Crippen LogP contribution < -0.4 is 10.1 Å². The Balaban J connectivity index is 2.07. The van der Waals surface area contributed by atoms with Crippen LogP contribution in [0.4, 0.5) is 13.2 Å². The van der Waals surface area contributed by atoms with Crippen LogP contribution in [-0.4, -0.2) is 35.4 Å². The van der Waals surface area contributed by atoms with E-state index in [2.05, 4.69) is 5.32 Å². The molecular weight excluding hydrogens is 367 g/mol. The van der Waals surface area contributed by atoms with Gasteiger partial charge in [-0.3, -0.25) is 14.4 Å². The van der Waals surface area contributed by atoms with Crippen LogP contribution in [0.3, 0.4) is 0 Å². The highest BCUT2D eigenvalue weighted by Crippen LogP contribution is 2.27. The number of carboxylic acids is 1. The summed E-state index contributed by atoms with van der Waals surface area (Å²) in [4.78, 5) is 35.4. The lowest BCUT2D eigenvalue weighted by Crippen LogP contribution is -2.46. The van der Waals surface area contributed by atoms with Crippen LogP contribution in [0, 0.1) is 30.3 Å². The van der Waals surface area contributed by atoms with Gasteiger partial charge in [-0.1, -0.05) is 12.8 Å². The van der Waals surface area contributed by atoms with Crippen molar-refractivity contribution in [2.24, 2.45) is 5.92 Å². The predicted molar refractivity (Wildman–Crippen MR) is 87.7 cm³/mol. The summed E-state index contributed by atoms with van der Waals surface area (Å²) in [5, 5.41) is 11.3. The molecule has 0 aliphatic heterocycles. The fourth-order valence-electron chi connectivity index (χ4n) is 2.97. The van der Waals surface area contributed by atoms with Crippen molar-refractivity contribution in [1.82, 2.24) is 5.32 Å². The summed E-state index contributed by atoms with van der Waals surface area (Å²) in [6, 6.07) is -0.759. The third-order valence-corrected chi connectivity index (χ3v) is 4.47. The SMILES string of the molecule is Cc1cc(F)c(F)c(OCC(=O)[C@H](CC(=O)O)NC(=O)C2CCCC2)c1F. The molecule has 148 valence electrons. The molecule has 1 aromatic carbocycles. The van der Waals surface area contributed by atoms with Crippen LogP contribution in [0.25, 0.3) is 0 Å². The maximum atomic E-state index is 13.9. The van der Waals surface area contributed by atoms with E-state index >= 15 is 0 Å². The molecule has 1 atom stereocenters. The molecule has 0 radical (unpaired) electrons. The lowest BCUT2D eigenvalue weighted by molar-refractivity contribution is -0.140. The minimum atomic E-state index is -1.59. The van der Waals surface area contributed by atoms with Crippen molar-refractivity contribution in [2.75, 3.05) is 6.61 Å². The van der Waals surface area contributed by atoms with Gasteiger partial charge in [-0.15, -0.1) is 0 Å². The van der Waals surface area contributed by atoms with Crippen molar-refractivity contribution >= 4 is 17.7 Å². The predicted octanol–water partition coefficient (Wildman–Crippen LogP) is 2.51. The van der Waals surface area contributed by atoms with Crippen LogP contribution in [0.15, 0.2) is 6.07 Å². The van der Waals surface area contributed by atoms with E-state index in [-0.39, 0.29) is 11.5 Å². The molecule has 0 bridgehead atoms. The smallest absolute Gasteiger partial charge is 0.305 e. The molecule has 1 saturated carbocycles. The molecule has 1 amide bonds. The quantitative estimate of drug-likeness (QED) is 0.669. The summed E-state index contributed by atoms with van der Waals surface area (Å²) >= 11 is 0. The van der Waals surface area contributed by atoms with Crippen LogP contribution in [0.5, 0.6) is 5.75 Å². The maximum absolute atomic E-state index is 13.9. The minimum Gasteiger partial charge on any atom is -0.481 e. The highest BCUT2D eigenvalue weighted by molar-refractivity contribution is 5.93. The number of hydrogen-bond donors (Lipinski definition) is 2. The van der Waals surface area contributed by atoms with Gasteiger partial charge in [0.2, 0.25) is 11.7 Å². The molecule has 6 nitrogen and oxygen atoms in total. The van der Waals surface area contributed by atoms with Crippen LogP contribution in [-0.2, 0) is 14.4 Å². The van der Waals surface area contributed by atoms with E-state index in [1.165, 1.54) is 6.92 Å². The molecule has 1 aromatic rings. The van der Waals surface area contributed by atoms with Crippen LogP contribution in [0.2, 0.25) is 0 Å². The van der Waals surface area contributed by atoms with Gasteiger partial charge in [-0.05, 0) is 31.4 Å². The monoisotopic (exact) mass is 387 g/mol. The van der Waals surface area contributed by atoms with Gasteiger partial charge < -0.3 is 15.2 Å². The second-order valence-electron chi connectivity index (χ2n) is 6.53. The molecule has 1 fully saturated rings. The molecule has 2 N–H and O–H groups in total. The van der Waals surface area contributed by atoms with Gasteiger partial charge in [0.25, 0.3) is 0 Å². The Bertz CT molecular complexity index is 721. The van der Waals surface area contributed by atoms with E-state index in [1.807, 2.05) is 0 Å². The largest absolute Gasteiger partial charge is 0.481 e. The van der Waals surface area contributed by atoms with Crippen molar-refractivity contribution in [1.29, 1.82) is 0 Å². The summed E-state index contributed by atoms with van der Waals surface area (Å²) in [6.45, 7) is 0.279. The fraction of sp³-hybridized carbons (Fsp3) is 0.500. The molecule has 0 saturated heterocycles. The zero-order valence-electron chi connectivity index (χ0n) is 14.7. The molecule has 0 spiro atoms. The molecule has 9 heteroatoms. The number of benzene rings is 1. The number of aryl methyl sites for hydroxylation is 1. The number of ketones is 1. The first-order chi connectivity index (χ1) is 12.7. The van der Waals surface area contributed by atoms with Crippen LogP contribution in [0.1, 0.15) is 37.7 Å². The number of nitrogens with one attached hydrogen (secondary N) is 1. The first kappa shape index (κ1) is 20.7. The molecule has 2 rings (SSSR count).